The molecule has 0 fully saturated rings. The minimum atomic E-state index is -0.240. The van der Waals surface area contributed by atoms with Crippen molar-refractivity contribution in [2.45, 2.75) is 19.1 Å². The summed E-state index contributed by atoms with van der Waals surface area (Å²) in [4.78, 5) is 12.1. The van der Waals surface area contributed by atoms with Crippen molar-refractivity contribution in [2.24, 2.45) is 0 Å². The third kappa shape index (κ3) is 3.18. The molecule has 1 aliphatic rings. The number of nitrogens with zero attached hydrogens (tertiary/aromatic N) is 1. The van der Waals surface area contributed by atoms with Crippen molar-refractivity contribution >= 4 is 5.91 Å². The molecular formula is C16H19N3O3. The summed E-state index contributed by atoms with van der Waals surface area (Å²) in [5.74, 6) is 0.296. The van der Waals surface area contributed by atoms with Crippen molar-refractivity contribution in [3.05, 3.63) is 52.9 Å². The van der Waals surface area contributed by atoms with E-state index < -0.39 is 0 Å². The Labute approximate surface area is 128 Å². The van der Waals surface area contributed by atoms with Gasteiger partial charge in [0.1, 0.15) is 6.61 Å². The predicted molar refractivity (Wildman–Crippen MR) is 80.4 cm³/mol. The maximum Gasteiger partial charge on any atom is 0.273 e. The Balaban J connectivity index is 1.61. The SMILES string of the molecule is COCc1cc(C(=O)NCC2NCCc3ccccc32)no1. The van der Waals surface area contributed by atoms with Crippen LogP contribution in [-0.2, 0) is 17.8 Å². The van der Waals surface area contributed by atoms with Crippen molar-refractivity contribution in [1.29, 1.82) is 0 Å². The molecule has 22 heavy (non-hydrogen) atoms. The summed E-state index contributed by atoms with van der Waals surface area (Å²) in [5, 5.41) is 10.1. The van der Waals surface area contributed by atoms with Gasteiger partial charge in [-0.25, -0.2) is 0 Å². The molecule has 0 radical (unpaired) electrons. The van der Waals surface area contributed by atoms with Gasteiger partial charge in [-0.3, -0.25) is 4.79 Å². The van der Waals surface area contributed by atoms with Gasteiger partial charge in [-0.05, 0) is 24.1 Å². The molecule has 1 aromatic heterocycles. The highest BCUT2D eigenvalue weighted by atomic mass is 16.5. The minimum absolute atomic E-state index is 0.124. The van der Waals surface area contributed by atoms with Gasteiger partial charge in [-0.2, -0.15) is 0 Å². The van der Waals surface area contributed by atoms with Crippen molar-refractivity contribution in [3.63, 3.8) is 0 Å². The molecule has 3 rings (SSSR count). The lowest BCUT2D eigenvalue weighted by Gasteiger charge is -2.26. The Morgan fingerprint density at radius 2 is 2.36 bits per heavy atom. The van der Waals surface area contributed by atoms with E-state index in [-0.39, 0.29) is 17.6 Å². The number of carbonyl (C=O) groups excluding carboxylic acids is 1. The van der Waals surface area contributed by atoms with E-state index in [1.54, 1.807) is 13.2 Å². The fourth-order valence-corrected chi connectivity index (χ4v) is 2.69. The van der Waals surface area contributed by atoms with Crippen LogP contribution in [0.15, 0.2) is 34.9 Å². The van der Waals surface area contributed by atoms with E-state index in [4.69, 9.17) is 9.26 Å². The fourth-order valence-electron chi connectivity index (χ4n) is 2.69. The van der Waals surface area contributed by atoms with Gasteiger partial charge in [0.2, 0.25) is 0 Å². The highest BCUT2D eigenvalue weighted by Gasteiger charge is 2.20. The highest BCUT2D eigenvalue weighted by molar-refractivity contribution is 5.92. The molecule has 0 saturated carbocycles. The monoisotopic (exact) mass is 301 g/mol. The van der Waals surface area contributed by atoms with Crippen LogP contribution in [0.3, 0.4) is 0 Å². The molecule has 1 unspecified atom stereocenters. The molecule has 6 heteroatoms. The molecular weight excluding hydrogens is 282 g/mol. The van der Waals surface area contributed by atoms with E-state index in [2.05, 4.69) is 27.9 Å². The quantitative estimate of drug-likeness (QED) is 0.874. The number of carbonyl (C=O) groups is 1. The first-order valence-electron chi connectivity index (χ1n) is 7.32. The smallest absolute Gasteiger partial charge is 0.273 e. The van der Waals surface area contributed by atoms with Crippen molar-refractivity contribution in [3.8, 4) is 0 Å². The molecule has 0 saturated heterocycles. The number of nitrogens with one attached hydrogen (secondary N) is 2. The molecule has 2 heterocycles. The van der Waals surface area contributed by atoms with E-state index >= 15 is 0 Å². The number of ether oxygens (including phenoxy) is 1. The number of hydrogen-bond acceptors (Lipinski definition) is 5. The predicted octanol–water partition coefficient (Wildman–Crippen LogP) is 1.44. The van der Waals surface area contributed by atoms with Crippen molar-refractivity contribution in [1.82, 2.24) is 15.8 Å². The summed E-state index contributed by atoms with van der Waals surface area (Å²) in [6, 6.07) is 10.0. The van der Waals surface area contributed by atoms with Gasteiger partial charge in [-0.15, -0.1) is 0 Å². The molecule has 116 valence electrons. The molecule has 2 aromatic rings. The normalized spacial score (nSPS) is 17.0. The van der Waals surface area contributed by atoms with Crippen LogP contribution in [0.2, 0.25) is 0 Å². The van der Waals surface area contributed by atoms with Gasteiger partial charge < -0.3 is 19.9 Å². The second-order valence-electron chi connectivity index (χ2n) is 5.28. The first kappa shape index (κ1) is 14.7. The molecule has 0 aliphatic carbocycles. The zero-order chi connectivity index (χ0) is 15.4. The second kappa shape index (κ2) is 6.72. The van der Waals surface area contributed by atoms with Crippen LogP contribution in [0.25, 0.3) is 0 Å². The second-order valence-corrected chi connectivity index (χ2v) is 5.28. The summed E-state index contributed by atoms with van der Waals surface area (Å²) in [5.41, 5.74) is 2.86. The maximum absolute atomic E-state index is 12.1. The molecule has 1 aliphatic heterocycles. The minimum Gasteiger partial charge on any atom is -0.377 e. The van der Waals surface area contributed by atoms with E-state index in [9.17, 15) is 4.79 Å². The maximum atomic E-state index is 12.1. The first-order chi connectivity index (χ1) is 10.8. The zero-order valence-electron chi connectivity index (χ0n) is 12.5. The fraction of sp³-hybridized carbons (Fsp3) is 0.375. The lowest BCUT2D eigenvalue weighted by atomic mass is 9.94. The number of methoxy groups -OCH3 is 1. The van der Waals surface area contributed by atoms with Gasteiger partial charge in [-0.1, -0.05) is 29.4 Å². The summed E-state index contributed by atoms with van der Waals surface area (Å²) in [6.07, 6.45) is 1.02. The molecule has 2 N–H and O–H groups in total. The third-order valence-electron chi connectivity index (χ3n) is 3.76. The van der Waals surface area contributed by atoms with Crippen LogP contribution < -0.4 is 10.6 Å². The van der Waals surface area contributed by atoms with Crippen LogP contribution in [-0.4, -0.2) is 31.3 Å². The Hall–Kier alpha value is -2.18. The van der Waals surface area contributed by atoms with Gasteiger partial charge in [0.25, 0.3) is 5.91 Å². The number of benzene rings is 1. The van der Waals surface area contributed by atoms with Crippen LogP contribution in [0.5, 0.6) is 0 Å². The summed E-state index contributed by atoms with van der Waals surface area (Å²) in [7, 11) is 1.56. The molecule has 6 nitrogen and oxygen atoms in total. The van der Waals surface area contributed by atoms with Crippen molar-refractivity contribution in [2.75, 3.05) is 20.2 Å². The number of aromatic nitrogens is 1. The number of fused-ring (bicyclic) bond motifs is 1. The average Bonchev–Trinajstić information content (AvgIpc) is 3.02. The summed E-state index contributed by atoms with van der Waals surface area (Å²) in [6.45, 7) is 1.74. The Kier molecular flexibility index (Phi) is 4.50. The largest absolute Gasteiger partial charge is 0.377 e. The Bertz CT molecular complexity index is 654. The Morgan fingerprint density at radius 1 is 1.50 bits per heavy atom. The standard InChI is InChI=1S/C16H19N3O3/c1-21-10-12-8-14(19-22-12)16(20)18-9-15-13-5-3-2-4-11(13)6-7-17-15/h2-5,8,15,17H,6-7,9-10H2,1H3,(H,18,20). The number of hydrogen-bond donors (Lipinski definition) is 2. The van der Waals surface area contributed by atoms with E-state index in [1.165, 1.54) is 11.1 Å². The van der Waals surface area contributed by atoms with Gasteiger partial charge in [0, 0.05) is 25.8 Å². The molecule has 0 bridgehead atoms. The van der Waals surface area contributed by atoms with Crippen LogP contribution in [0.4, 0.5) is 0 Å². The third-order valence-corrected chi connectivity index (χ3v) is 3.76. The summed E-state index contributed by atoms with van der Waals surface area (Å²) >= 11 is 0. The van der Waals surface area contributed by atoms with Gasteiger partial charge >= 0.3 is 0 Å². The lowest BCUT2D eigenvalue weighted by Crippen LogP contribution is -2.38. The van der Waals surface area contributed by atoms with Gasteiger partial charge in [0.05, 0.1) is 0 Å². The van der Waals surface area contributed by atoms with Crippen LogP contribution >= 0.6 is 0 Å². The van der Waals surface area contributed by atoms with E-state index in [0.717, 1.165) is 13.0 Å². The topological polar surface area (TPSA) is 76.4 Å². The molecule has 1 atom stereocenters. The van der Waals surface area contributed by atoms with Crippen LogP contribution in [0, 0.1) is 0 Å². The molecule has 0 spiro atoms. The van der Waals surface area contributed by atoms with Gasteiger partial charge in [0.15, 0.2) is 11.5 Å². The number of amides is 1. The Morgan fingerprint density at radius 3 is 3.23 bits per heavy atom. The van der Waals surface area contributed by atoms with Crippen LogP contribution in [0.1, 0.15) is 33.4 Å². The highest BCUT2D eigenvalue weighted by Crippen LogP contribution is 2.21. The first-order valence-corrected chi connectivity index (χ1v) is 7.32. The van der Waals surface area contributed by atoms with E-state index in [0.29, 0.717) is 18.9 Å². The number of rotatable bonds is 5. The van der Waals surface area contributed by atoms with E-state index in [1.807, 2.05) is 12.1 Å². The lowest BCUT2D eigenvalue weighted by molar-refractivity contribution is 0.0939. The zero-order valence-corrected chi connectivity index (χ0v) is 12.5. The van der Waals surface area contributed by atoms with Crippen molar-refractivity contribution < 1.29 is 14.1 Å². The average molecular weight is 301 g/mol. The molecule has 1 amide bonds. The molecule has 1 aromatic carbocycles. The summed E-state index contributed by atoms with van der Waals surface area (Å²) < 4.78 is 9.96.